The van der Waals surface area contributed by atoms with E-state index in [9.17, 15) is 9.90 Å². The smallest absolute Gasteiger partial charge is 0.242 e. The summed E-state index contributed by atoms with van der Waals surface area (Å²) in [6, 6.07) is 10.6. The van der Waals surface area contributed by atoms with Crippen molar-refractivity contribution in [3.63, 3.8) is 0 Å². The molecule has 1 amide bonds. The Hall–Kier alpha value is -1.86. The molecule has 96 valence electrons. The van der Waals surface area contributed by atoms with Crippen LogP contribution < -0.4 is 5.32 Å². The molecule has 0 radical (unpaired) electrons. The molecule has 4 heteroatoms. The van der Waals surface area contributed by atoms with Crippen LogP contribution in [0.1, 0.15) is 25.3 Å². The highest BCUT2D eigenvalue weighted by Gasteiger charge is 2.23. The van der Waals surface area contributed by atoms with Crippen molar-refractivity contribution in [3.05, 3.63) is 35.9 Å². The largest absolute Gasteiger partial charge is 0.394 e. The number of amides is 1. The fourth-order valence-electron chi connectivity index (χ4n) is 1.62. The zero-order valence-electron chi connectivity index (χ0n) is 10.6. The summed E-state index contributed by atoms with van der Waals surface area (Å²) < 4.78 is 0. The van der Waals surface area contributed by atoms with Crippen LogP contribution >= 0.6 is 0 Å². The molecule has 18 heavy (non-hydrogen) atoms. The molecule has 2 N–H and O–H groups in total. The van der Waals surface area contributed by atoms with Gasteiger partial charge < -0.3 is 10.4 Å². The molecule has 0 fully saturated rings. The van der Waals surface area contributed by atoms with Crippen molar-refractivity contribution in [1.82, 2.24) is 5.32 Å². The highest BCUT2D eigenvalue weighted by molar-refractivity contribution is 5.86. The fourth-order valence-corrected chi connectivity index (χ4v) is 1.62. The molecule has 0 spiro atoms. The van der Waals surface area contributed by atoms with Crippen molar-refractivity contribution in [2.24, 2.45) is 5.92 Å². The number of carbonyl (C=O) groups is 1. The molecule has 1 rings (SSSR count). The van der Waals surface area contributed by atoms with E-state index >= 15 is 0 Å². The van der Waals surface area contributed by atoms with Crippen molar-refractivity contribution in [3.8, 4) is 6.07 Å². The van der Waals surface area contributed by atoms with Crippen molar-refractivity contribution < 1.29 is 9.90 Å². The lowest BCUT2D eigenvalue weighted by molar-refractivity contribution is -0.122. The molecule has 4 nitrogen and oxygen atoms in total. The maximum Gasteiger partial charge on any atom is 0.242 e. The van der Waals surface area contributed by atoms with Crippen LogP contribution in [0.5, 0.6) is 0 Å². The third-order valence-electron chi connectivity index (χ3n) is 2.85. The number of benzene rings is 1. The van der Waals surface area contributed by atoms with Gasteiger partial charge in [0.15, 0.2) is 0 Å². The Bertz CT molecular complexity index is 423. The molecule has 0 heterocycles. The summed E-state index contributed by atoms with van der Waals surface area (Å²) in [5.41, 5.74) is 0.665. The number of nitriles is 1. The van der Waals surface area contributed by atoms with E-state index in [0.717, 1.165) is 0 Å². The molecule has 0 saturated carbocycles. The Morgan fingerprint density at radius 1 is 1.39 bits per heavy atom. The average Bonchev–Trinajstić information content (AvgIpc) is 2.37. The van der Waals surface area contributed by atoms with Gasteiger partial charge in [0.2, 0.25) is 5.91 Å². The SMILES string of the molecule is CC(C)C(CO)NC(=O)C(C#N)c1ccccc1. The van der Waals surface area contributed by atoms with E-state index in [-0.39, 0.29) is 24.5 Å². The summed E-state index contributed by atoms with van der Waals surface area (Å²) in [5.74, 6) is -1.08. The van der Waals surface area contributed by atoms with Crippen LogP contribution in [0.3, 0.4) is 0 Å². The molecule has 0 aliphatic heterocycles. The number of carbonyl (C=O) groups excluding carboxylic acids is 1. The second-order valence-corrected chi connectivity index (χ2v) is 4.51. The van der Waals surface area contributed by atoms with Crippen LogP contribution in [0.4, 0.5) is 0 Å². The first-order chi connectivity index (χ1) is 8.60. The van der Waals surface area contributed by atoms with Crippen molar-refractivity contribution >= 4 is 5.91 Å². The van der Waals surface area contributed by atoms with Crippen LogP contribution in [0.25, 0.3) is 0 Å². The number of aliphatic hydroxyl groups is 1. The van der Waals surface area contributed by atoms with Gasteiger partial charge in [0, 0.05) is 0 Å². The summed E-state index contributed by atoms with van der Waals surface area (Å²) >= 11 is 0. The van der Waals surface area contributed by atoms with Crippen LogP contribution in [0, 0.1) is 17.2 Å². The van der Waals surface area contributed by atoms with E-state index < -0.39 is 5.92 Å². The summed E-state index contributed by atoms with van der Waals surface area (Å²) in [5, 5.41) is 21.0. The average molecular weight is 246 g/mol. The highest BCUT2D eigenvalue weighted by Crippen LogP contribution is 2.15. The first kappa shape index (κ1) is 14.2. The normalized spacial score (nSPS) is 13.7. The van der Waals surface area contributed by atoms with E-state index in [1.807, 2.05) is 26.0 Å². The van der Waals surface area contributed by atoms with Gasteiger partial charge in [0.25, 0.3) is 0 Å². The molecule has 0 bridgehead atoms. The maximum atomic E-state index is 12.0. The zero-order chi connectivity index (χ0) is 13.5. The quantitative estimate of drug-likeness (QED) is 0.825. The van der Waals surface area contributed by atoms with Crippen LogP contribution in [0.15, 0.2) is 30.3 Å². The van der Waals surface area contributed by atoms with E-state index in [2.05, 4.69) is 5.32 Å². The number of hydrogen-bond donors (Lipinski definition) is 2. The Morgan fingerprint density at radius 2 is 2.00 bits per heavy atom. The van der Waals surface area contributed by atoms with Crippen molar-refractivity contribution in [2.75, 3.05) is 6.61 Å². The maximum absolute atomic E-state index is 12.0. The monoisotopic (exact) mass is 246 g/mol. The van der Waals surface area contributed by atoms with E-state index in [1.165, 1.54) is 0 Å². The molecule has 2 unspecified atom stereocenters. The number of aliphatic hydroxyl groups excluding tert-OH is 1. The minimum atomic E-state index is -0.834. The summed E-state index contributed by atoms with van der Waals surface area (Å²) in [4.78, 5) is 12.0. The lowest BCUT2D eigenvalue weighted by Gasteiger charge is -2.21. The summed E-state index contributed by atoms with van der Waals surface area (Å²) in [6.45, 7) is 3.69. The van der Waals surface area contributed by atoms with Gasteiger partial charge in [-0.15, -0.1) is 0 Å². The Balaban J connectivity index is 2.79. The standard InChI is InChI=1S/C14H18N2O2/c1-10(2)13(9-17)16-14(18)12(8-15)11-6-4-3-5-7-11/h3-7,10,12-13,17H,9H2,1-2H3,(H,16,18). The van der Waals surface area contributed by atoms with Crippen LogP contribution in [-0.2, 0) is 4.79 Å². The van der Waals surface area contributed by atoms with E-state index in [4.69, 9.17) is 5.26 Å². The van der Waals surface area contributed by atoms with E-state index in [0.29, 0.717) is 5.56 Å². The van der Waals surface area contributed by atoms with Crippen LogP contribution in [-0.4, -0.2) is 23.7 Å². The lowest BCUT2D eigenvalue weighted by atomic mass is 9.98. The van der Waals surface area contributed by atoms with Gasteiger partial charge in [-0.25, -0.2) is 0 Å². The highest BCUT2D eigenvalue weighted by atomic mass is 16.3. The molecule has 0 aliphatic rings. The second-order valence-electron chi connectivity index (χ2n) is 4.51. The van der Waals surface area contributed by atoms with Gasteiger partial charge in [-0.1, -0.05) is 44.2 Å². The Labute approximate surface area is 107 Å². The van der Waals surface area contributed by atoms with Gasteiger partial charge in [-0.3, -0.25) is 4.79 Å². The minimum absolute atomic E-state index is 0.120. The zero-order valence-corrected chi connectivity index (χ0v) is 10.6. The van der Waals surface area contributed by atoms with Gasteiger partial charge in [-0.05, 0) is 11.5 Å². The third kappa shape index (κ3) is 3.57. The third-order valence-corrected chi connectivity index (χ3v) is 2.85. The minimum Gasteiger partial charge on any atom is -0.394 e. The van der Waals surface area contributed by atoms with E-state index in [1.54, 1.807) is 24.3 Å². The molecular weight excluding hydrogens is 228 g/mol. The van der Waals surface area contributed by atoms with Crippen molar-refractivity contribution in [1.29, 1.82) is 5.26 Å². The molecule has 1 aromatic carbocycles. The predicted octanol–water partition coefficient (Wildman–Crippen LogP) is 1.43. The Morgan fingerprint density at radius 3 is 2.44 bits per heavy atom. The van der Waals surface area contributed by atoms with Crippen LogP contribution in [0.2, 0.25) is 0 Å². The summed E-state index contributed by atoms with van der Waals surface area (Å²) in [7, 11) is 0. The number of hydrogen-bond acceptors (Lipinski definition) is 3. The molecule has 0 aliphatic carbocycles. The number of rotatable bonds is 5. The topological polar surface area (TPSA) is 73.1 Å². The van der Waals surface area contributed by atoms with Gasteiger partial charge in [-0.2, -0.15) is 5.26 Å². The Kier molecular flexibility index (Phi) is 5.34. The predicted molar refractivity (Wildman–Crippen MR) is 68.7 cm³/mol. The summed E-state index contributed by atoms with van der Waals surface area (Å²) in [6.07, 6.45) is 0. The first-order valence-electron chi connectivity index (χ1n) is 5.96. The molecule has 1 aromatic rings. The van der Waals surface area contributed by atoms with Gasteiger partial charge in [0.1, 0.15) is 5.92 Å². The van der Waals surface area contributed by atoms with Gasteiger partial charge in [0.05, 0.1) is 18.7 Å². The molecule has 2 atom stereocenters. The lowest BCUT2D eigenvalue weighted by Crippen LogP contribution is -2.43. The first-order valence-corrected chi connectivity index (χ1v) is 5.96. The second kappa shape index (κ2) is 6.77. The molecular formula is C14H18N2O2. The van der Waals surface area contributed by atoms with Gasteiger partial charge >= 0.3 is 0 Å². The molecule has 0 aromatic heterocycles. The number of nitrogens with zero attached hydrogens (tertiary/aromatic N) is 1. The fraction of sp³-hybridized carbons (Fsp3) is 0.429. The molecule has 0 saturated heterocycles. The number of nitrogens with one attached hydrogen (secondary N) is 1. The van der Waals surface area contributed by atoms with Crippen molar-refractivity contribution in [2.45, 2.75) is 25.8 Å².